The third-order valence-corrected chi connectivity index (χ3v) is 4.09. The van der Waals surface area contributed by atoms with Crippen LogP contribution in [0, 0.1) is 5.82 Å². The molecule has 0 radical (unpaired) electrons. The Kier molecular flexibility index (Phi) is 3.23. The van der Waals surface area contributed by atoms with Gasteiger partial charge in [-0.2, -0.15) is 0 Å². The molecule has 0 amide bonds. The zero-order chi connectivity index (χ0) is 14.1. The molecule has 2 aromatic carbocycles. The van der Waals surface area contributed by atoms with Crippen molar-refractivity contribution in [3.05, 3.63) is 54.2 Å². The average Bonchev–Trinajstić information content (AvgIpc) is 2.80. The van der Waals surface area contributed by atoms with Crippen LogP contribution in [0.5, 0.6) is 0 Å². The summed E-state index contributed by atoms with van der Waals surface area (Å²) in [6, 6.07) is 10.7. The van der Waals surface area contributed by atoms with E-state index in [1.807, 2.05) is 0 Å². The average molecular weight is 290 g/mol. The smallest absolute Gasteiger partial charge is 0.208 e. The van der Waals surface area contributed by atoms with Crippen molar-refractivity contribution in [3.63, 3.8) is 0 Å². The number of hydrogen-bond donors (Lipinski definition) is 1. The van der Waals surface area contributed by atoms with Gasteiger partial charge >= 0.3 is 0 Å². The van der Waals surface area contributed by atoms with E-state index in [-0.39, 0.29) is 11.6 Å². The van der Waals surface area contributed by atoms with Gasteiger partial charge in [0.05, 0.1) is 10.8 Å². The SMILES string of the molecule is Nc1ccc2oc(CS(=O)c3ccc(F)cc3)nc2c1. The molecule has 3 rings (SSSR count). The number of rotatable bonds is 3. The highest BCUT2D eigenvalue weighted by molar-refractivity contribution is 7.84. The van der Waals surface area contributed by atoms with E-state index < -0.39 is 10.8 Å². The highest BCUT2D eigenvalue weighted by Gasteiger charge is 2.11. The fraction of sp³-hybridized carbons (Fsp3) is 0.0714. The second-order valence-corrected chi connectivity index (χ2v) is 5.73. The second-order valence-electron chi connectivity index (χ2n) is 4.28. The van der Waals surface area contributed by atoms with Crippen molar-refractivity contribution in [1.29, 1.82) is 0 Å². The van der Waals surface area contributed by atoms with Crippen LogP contribution in [0.3, 0.4) is 0 Å². The maximum atomic E-state index is 12.8. The Morgan fingerprint density at radius 3 is 2.70 bits per heavy atom. The van der Waals surface area contributed by atoms with Crippen LogP contribution in [0.1, 0.15) is 5.89 Å². The Morgan fingerprint density at radius 2 is 1.95 bits per heavy atom. The molecule has 0 bridgehead atoms. The second kappa shape index (κ2) is 5.05. The first-order chi connectivity index (χ1) is 9.61. The first-order valence-electron chi connectivity index (χ1n) is 5.91. The van der Waals surface area contributed by atoms with Gasteiger partial charge in [-0.05, 0) is 42.5 Å². The summed E-state index contributed by atoms with van der Waals surface area (Å²) in [5, 5.41) is 0. The number of anilines is 1. The van der Waals surface area contributed by atoms with Crippen molar-refractivity contribution in [2.24, 2.45) is 0 Å². The molecule has 1 unspecified atom stereocenters. The van der Waals surface area contributed by atoms with Crippen molar-refractivity contribution in [1.82, 2.24) is 4.98 Å². The van der Waals surface area contributed by atoms with Crippen LogP contribution in [0.25, 0.3) is 11.1 Å². The minimum atomic E-state index is -1.33. The van der Waals surface area contributed by atoms with E-state index in [0.717, 1.165) is 0 Å². The molecule has 1 aromatic heterocycles. The monoisotopic (exact) mass is 290 g/mol. The fourth-order valence-electron chi connectivity index (χ4n) is 1.84. The molecule has 0 aliphatic carbocycles. The normalized spacial score (nSPS) is 12.7. The lowest BCUT2D eigenvalue weighted by Crippen LogP contribution is -1.96. The molecule has 6 heteroatoms. The predicted octanol–water partition coefficient (Wildman–Crippen LogP) is 2.86. The Hall–Kier alpha value is -2.21. The number of hydrogen-bond acceptors (Lipinski definition) is 4. The number of halogens is 1. The molecule has 20 heavy (non-hydrogen) atoms. The van der Waals surface area contributed by atoms with Gasteiger partial charge in [0.1, 0.15) is 17.1 Å². The van der Waals surface area contributed by atoms with Crippen molar-refractivity contribution in [3.8, 4) is 0 Å². The van der Waals surface area contributed by atoms with Gasteiger partial charge in [-0.1, -0.05) is 0 Å². The Bertz CT molecular complexity index is 783. The molecular weight excluding hydrogens is 279 g/mol. The molecule has 4 nitrogen and oxygen atoms in total. The number of nitrogen functional groups attached to an aromatic ring is 1. The predicted molar refractivity (Wildman–Crippen MR) is 74.9 cm³/mol. The lowest BCUT2D eigenvalue weighted by molar-refractivity contribution is 0.552. The molecule has 0 fully saturated rings. The zero-order valence-corrected chi connectivity index (χ0v) is 11.2. The maximum absolute atomic E-state index is 12.8. The molecule has 1 heterocycles. The van der Waals surface area contributed by atoms with E-state index in [0.29, 0.717) is 27.6 Å². The number of benzene rings is 2. The molecule has 0 spiro atoms. The van der Waals surface area contributed by atoms with Crippen LogP contribution in [0.15, 0.2) is 51.8 Å². The molecule has 0 aliphatic rings. The molecule has 0 aliphatic heterocycles. The lowest BCUT2D eigenvalue weighted by atomic mass is 10.3. The lowest BCUT2D eigenvalue weighted by Gasteiger charge is -1.98. The minimum Gasteiger partial charge on any atom is -0.440 e. The molecule has 0 saturated heterocycles. The minimum absolute atomic E-state index is 0.139. The summed E-state index contributed by atoms with van der Waals surface area (Å²) < 4.78 is 30.5. The van der Waals surface area contributed by atoms with Gasteiger partial charge in [-0.25, -0.2) is 9.37 Å². The summed E-state index contributed by atoms with van der Waals surface area (Å²) in [6.45, 7) is 0. The quantitative estimate of drug-likeness (QED) is 0.753. The van der Waals surface area contributed by atoms with Gasteiger partial charge in [0.15, 0.2) is 5.58 Å². The topological polar surface area (TPSA) is 69.1 Å². The van der Waals surface area contributed by atoms with Gasteiger partial charge in [0, 0.05) is 10.6 Å². The van der Waals surface area contributed by atoms with Gasteiger partial charge in [0.25, 0.3) is 0 Å². The van der Waals surface area contributed by atoms with Crippen LogP contribution < -0.4 is 5.73 Å². The maximum Gasteiger partial charge on any atom is 0.208 e. The zero-order valence-electron chi connectivity index (χ0n) is 10.4. The Balaban J connectivity index is 1.85. The van der Waals surface area contributed by atoms with E-state index in [9.17, 15) is 8.60 Å². The summed E-state index contributed by atoms with van der Waals surface area (Å²) in [5.41, 5.74) is 7.49. The third kappa shape index (κ3) is 2.55. The summed E-state index contributed by atoms with van der Waals surface area (Å²) in [7, 11) is -1.33. The van der Waals surface area contributed by atoms with Crippen molar-refractivity contribution < 1.29 is 13.0 Å². The number of oxazole rings is 1. The fourth-order valence-corrected chi connectivity index (χ4v) is 2.79. The highest BCUT2D eigenvalue weighted by Crippen LogP contribution is 2.20. The van der Waals surface area contributed by atoms with Crippen LogP contribution in [-0.4, -0.2) is 9.19 Å². The number of nitrogens with two attached hydrogens (primary N) is 1. The van der Waals surface area contributed by atoms with E-state index in [1.54, 1.807) is 18.2 Å². The van der Waals surface area contributed by atoms with E-state index in [1.165, 1.54) is 24.3 Å². The van der Waals surface area contributed by atoms with Gasteiger partial charge in [-0.3, -0.25) is 4.21 Å². The number of fused-ring (bicyclic) bond motifs is 1. The first kappa shape index (κ1) is 12.8. The number of aromatic nitrogens is 1. The molecule has 102 valence electrons. The molecule has 0 saturated carbocycles. The largest absolute Gasteiger partial charge is 0.440 e. The highest BCUT2D eigenvalue weighted by atomic mass is 32.2. The molecule has 2 N–H and O–H groups in total. The summed E-state index contributed by atoms with van der Waals surface area (Å²) in [6.07, 6.45) is 0. The van der Waals surface area contributed by atoms with Crippen LogP contribution in [0.2, 0.25) is 0 Å². The van der Waals surface area contributed by atoms with Crippen LogP contribution in [-0.2, 0) is 16.6 Å². The van der Waals surface area contributed by atoms with E-state index >= 15 is 0 Å². The van der Waals surface area contributed by atoms with Crippen LogP contribution in [0.4, 0.5) is 10.1 Å². The Labute approximate surface area is 116 Å². The van der Waals surface area contributed by atoms with Crippen LogP contribution >= 0.6 is 0 Å². The third-order valence-electron chi connectivity index (χ3n) is 2.79. The first-order valence-corrected chi connectivity index (χ1v) is 7.22. The summed E-state index contributed by atoms with van der Waals surface area (Å²) >= 11 is 0. The van der Waals surface area contributed by atoms with E-state index in [2.05, 4.69) is 4.98 Å². The summed E-state index contributed by atoms with van der Waals surface area (Å²) in [4.78, 5) is 4.78. The van der Waals surface area contributed by atoms with Crippen molar-refractivity contribution in [2.75, 3.05) is 5.73 Å². The van der Waals surface area contributed by atoms with Gasteiger partial charge in [-0.15, -0.1) is 0 Å². The number of nitrogens with zero attached hydrogens (tertiary/aromatic N) is 1. The van der Waals surface area contributed by atoms with Gasteiger partial charge < -0.3 is 10.2 Å². The van der Waals surface area contributed by atoms with E-state index in [4.69, 9.17) is 10.2 Å². The summed E-state index contributed by atoms with van der Waals surface area (Å²) in [5.74, 6) is 0.150. The molecule has 3 aromatic rings. The molecule has 1 atom stereocenters. The van der Waals surface area contributed by atoms with Crippen molar-refractivity contribution in [2.45, 2.75) is 10.6 Å². The standard InChI is InChI=1S/C14H11FN2O2S/c15-9-1-4-11(5-2-9)20(18)8-14-17-12-7-10(16)3-6-13(12)19-14/h1-7H,8,16H2. The van der Waals surface area contributed by atoms with Gasteiger partial charge in [0.2, 0.25) is 5.89 Å². The van der Waals surface area contributed by atoms with Crippen molar-refractivity contribution >= 4 is 27.6 Å². The molecular formula is C14H11FN2O2S. The Morgan fingerprint density at radius 1 is 1.20 bits per heavy atom.